The molecule has 1 aromatic heterocycles. The number of halogens is 1. The highest BCUT2D eigenvalue weighted by Crippen LogP contribution is 2.31. The topological polar surface area (TPSA) is 64.3 Å². The summed E-state index contributed by atoms with van der Waals surface area (Å²) in [6.45, 7) is 0. The number of para-hydroxylation sites is 2. The van der Waals surface area contributed by atoms with Gasteiger partial charge in [0.25, 0.3) is 0 Å². The van der Waals surface area contributed by atoms with E-state index in [4.69, 9.17) is 14.7 Å². The number of fused-ring (bicyclic) bond motifs is 2. The molecule has 1 saturated carbocycles. The lowest BCUT2D eigenvalue weighted by molar-refractivity contribution is 0.398. The van der Waals surface area contributed by atoms with Crippen molar-refractivity contribution in [3.63, 3.8) is 0 Å². The molecule has 0 amide bonds. The number of methoxy groups -OCH3 is 1. The van der Waals surface area contributed by atoms with Crippen molar-refractivity contribution in [3.8, 4) is 23.0 Å². The molecule has 0 saturated heterocycles. The Balaban J connectivity index is 1.59. The van der Waals surface area contributed by atoms with Crippen LogP contribution in [0.15, 0.2) is 84.0 Å². The van der Waals surface area contributed by atoms with Gasteiger partial charge in [0.15, 0.2) is 0 Å². The molecule has 0 spiro atoms. The van der Waals surface area contributed by atoms with Gasteiger partial charge in [-0.05, 0) is 67.4 Å². The van der Waals surface area contributed by atoms with Crippen molar-refractivity contribution in [2.24, 2.45) is 4.99 Å². The fraction of sp³-hybridized carbons (Fsp3) is 0.148. The van der Waals surface area contributed by atoms with Crippen molar-refractivity contribution in [3.05, 3.63) is 90.2 Å². The van der Waals surface area contributed by atoms with E-state index in [0.29, 0.717) is 11.9 Å². The number of hydrogen-bond donors (Lipinski definition) is 1. The number of benzene rings is 3. The summed E-state index contributed by atoms with van der Waals surface area (Å²) >= 11 is 0. The lowest BCUT2D eigenvalue weighted by Crippen LogP contribution is -2.15. The molecule has 0 bridgehead atoms. The van der Waals surface area contributed by atoms with Crippen molar-refractivity contribution in [2.75, 3.05) is 12.4 Å². The first-order chi connectivity index (χ1) is 16.7. The summed E-state index contributed by atoms with van der Waals surface area (Å²) in [7, 11) is 1.59. The monoisotopic (exact) mass is 451 g/mol. The molecule has 1 aliphatic heterocycles. The quantitative estimate of drug-likeness (QED) is 0.360. The van der Waals surface area contributed by atoms with Crippen LogP contribution in [-0.2, 0) is 0 Å². The fourth-order valence-corrected chi connectivity index (χ4v) is 4.05. The maximum atomic E-state index is 13.7. The van der Waals surface area contributed by atoms with Crippen LogP contribution in [0.5, 0.6) is 5.88 Å². The van der Waals surface area contributed by atoms with Gasteiger partial charge in [0.2, 0.25) is 5.88 Å². The van der Waals surface area contributed by atoms with Crippen LogP contribution < -0.4 is 15.4 Å². The Hall–Kier alpha value is -4.26. The Bertz CT molecular complexity index is 1520. The highest BCUT2D eigenvalue weighted by molar-refractivity contribution is 5.84. The Morgan fingerprint density at radius 1 is 1.03 bits per heavy atom. The highest BCUT2D eigenvalue weighted by Gasteiger charge is 2.22. The molecular formula is C27H22FN5O. The first kappa shape index (κ1) is 20.4. The summed E-state index contributed by atoms with van der Waals surface area (Å²) in [4.78, 5) is 14.2. The molecule has 0 atom stereocenters. The van der Waals surface area contributed by atoms with Gasteiger partial charge in [-0.25, -0.2) is 14.4 Å². The van der Waals surface area contributed by atoms with Gasteiger partial charge < -0.3 is 14.6 Å². The zero-order valence-corrected chi connectivity index (χ0v) is 18.6. The van der Waals surface area contributed by atoms with E-state index in [1.54, 1.807) is 25.4 Å². The molecule has 1 N–H and O–H groups in total. The summed E-state index contributed by atoms with van der Waals surface area (Å²) in [6, 6.07) is 22.6. The Kier molecular flexibility index (Phi) is 4.95. The molecule has 34 heavy (non-hydrogen) atoms. The molecule has 0 radical (unpaired) electrons. The second kappa shape index (κ2) is 8.26. The molecule has 6 nitrogen and oxygen atoms in total. The van der Waals surface area contributed by atoms with E-state index in [1.165, 1.54) is 12.1 Å². The minimum Gasteiger partial charge on any atom is -0.481 e. The summed E-state index contributed by atoms with van der Waals surface area (Å²) in [5, 5.41) is 4.31. The third-order valence-electron chi connectivity index (χ3n) is 5.88. The maximum absolute atomic E-state index is 13.7. The number of aromatic nitrogens is 3. The van der Waals surface area contributed by atoms with Gasteiger partial charge in [0.1, 0.15) is 5.82 Å². The van der Waals surface area contributed by atoms with E-state index >= 15 is 0 Å². The smallest absolute Gasteiger partial charge is 0.213 e. The molecule has 6 rings (SSSR count). The van der Waals surface area contributed by atoms with Crippen LogP contribution in [0.2, 0.25) is 0 Å². The normalized spacial score (nSPS) is 14.0. The minimum absolute atomic E-state index is 0.268. The van der Waals surface area contributed by atoms with Gasteiger partial charge in [-0.2, -0.15) is 0 Å². The van der Waals surface area contributed by atoms with Crippen molar-refractivity contribution < 1.29 is 9.13 Å². The molecule has 168 valence electrons. The van der Waals surface area contributed by atoms with Crippen LogP contribution >= 0.6 is 0 Å². The van der Waals surface area contributed by atoms with Crippen molar-refractivity contribution in [2.45, 2.75) is 18.9 Å². The molecule has 3 aromatic rings. The van der Waals surface area contributed by atoms with Crippen LogP contribution in [0.4, 0.5) is 15.8 Å². The van der Waals surface area contributed by atoms with Gasteiger partial charge >= 0.3 is 0 Å². The zero-order valence-electron chi connectivity index (χ0n) is 18.6. The van der Waals surface area contributed by atoms with Crippen LogP contribution in [0.1, 0.15) is 12.8 Å². The Morgan fingerprint density at radius 3 is 2.59 bits per heavy atom. The van der Waals surface area contributed by atoms with Gasteiger partial charge in [-0.1, -0.05) is 12.1 Å². The fourth-order valence-electron chi connectivity index (χ4n) is 4.05. The predicted octanol–water partition coefficient (Wildman–Crippen LogP) is 5.48. The van der Waals surface area contributed by atoms with Crippen molar-refractivity contribution in [1.82, 2.24) is 14.5 Å². The number of nitrogens with one attached hydrogen (secondary N) is 1. The number of anilines is 2. The molecule has 2 aliphatic carbocycles. The van der Waals surface area contributed by atoms with Crippen molar-refractivity contribution in [1.29, 1.82) is 0 Å². The van der Waals surface area contributed by atoms with Gasteiger partial charge in [0, 0.05) is 11.8 Å². The molecule has 7 heteroatoms. The molecule has 3 aliphatic rings. The summed E-state index contributed by atoms with van der Waals surface area (Å²) < 4.78 is 21.0. The second-order valence-electron chi connectivity index (χ2n) is 8.34. The summed E-state index contributed by atoms with van der Waals surface area (Å²) in [5.41, 5.74) is 6.06. The number of hydrogen-bond acceptors (Lipinski definition) is 5. The lowest BCUT2D eigenvalue weighted by atomic mass is 10.1. The largest absolute Gasteiger partial charge is 0.481 e. The van der Waals surface area contributed by atoms with Crippen molar-refractivity contribution >= 4 is 22.4 Å². The van der Waals surface area contributed by atoms with Crippen LogP contribution in [-0.4, -0.2) is 27.7 Å². The van der Waals surface area contributed by atoms with E-state index in [1.807, 2.05) is 42.5 Å². The zero-order chi connectivity index (χ0) is 23.1. The van der Waals surface area contributed by atoms with E-state index < -0.39 is 0 Å². The van der Waals surface area contributed by atoms with Crippen LogP contribution in [0.3, 0.4) is 0 Å². The summed E-state index contributed by atoms with van der Waals surface area (Å²) in [6.07, 6.45) is 3.92. The van der Waals surface area contributed by atoms with E-state index in [-0.39, 0.29) is 5.82 Å². The van der Waals surface area contributed by atoms with Gasteiger partial charge in [0.05, 0.1) is 58.5 Å². The Morgan fingerprint density at radius 2 is 1.85 bits per heavy atom. The van der Waals surface area contributed by atoms with E-state index in [9.17, 15) is 4.39 Å². The van der Waals surface area contributed by atoms with Gasteiger partial charge in [-0.15, -0.1) is 0 Å². The number of rotatable bonds is 5. The molecular weight excluding hydrogens is 429 g/mol. The standard InChI is InChI=1S/C27H22FN5O/c1-34-27-13-10-19(16-29-27)31-22-14-24-26(15-23(22)30-18-8-9-18)33(20-11-6-17(28)7-12-20)25-5-3-2-4-21(25)32-24/h2-7,10-16,18,31H,8-9H2,1H3. The third-order valence-corrected chi connectivity index (χ3v) is 5.88. The number of nitrogens with zero attached hydrogens (tertiary/aromatic N) is 4. The molecule has 0 unspecified atom stereocenters. The molecule has 1 fully saturated rings. The number of ether oxygens (including phenoxy) is 1. The SMILES string of the molecule is COc1ccc(Nc2cc3nc4ccccc4n(-c4ccc(F)cc4)c-3cc2=NC2CC2)cn1. The predicted molar refractivity (Wildman–Crippen MR) is 130 cm³/mol. The van der Waals surface area contributed by atoms with Crippen LogP contribution in [0.25, 0.3) is 28.1 Å². The van der Waals surface area contributed by atoms with E-state index in [2.05, 4.69) is 20.9 Å². The Labute approximate surface area is 195 Å². The molecule has 2 aromatic carbocycles. The first-order valence-corrected chi connectivity index (χ1v) is 11.2. The lowest BCUT2D eigenvalue weighted by Gasteiger charge is -2.20. The second-order valence-corrected chi connectivity index (χ2v) is 8.34. The summed E-state index contributed by atoms with van der Waals surface area (Å²) in [5.74, 6) is 0.288. The molecule has 2 heterocycles. The average molecular weight is 452 g/mol. The van der Waals surface area contributed by atoms with E-state index in [0.717, 1.165) is 57.7 Å². The third kappa shape index (κ3) is 3.85. The minimum atomic E-state index is -0.268. The first-order valence-electron chi connectivity index (χ1n) is 11.2. The van der Waals surface area contributed by atoms with Crippen LogP contribution in [0, 0.1) is 5.82 Å². The van der Waals surface area contributed by atoms with Gasteiger partial charge in [-0.3, -0.25) is 4.99 Å². The average Bonchev–Trinajstić information content (AvgIpc) is 3.68. The maximum Gasteiger partial charge on any atom is 0.213 e. The number of pyridine rings is 1. The highest BCUT2D eigenvalue weighted by atomic mass is 19.1.